The molecule has 190 valence electrons. The molecule has 0 bridgehead atoms. The molecule has 5 aromatic carbocycles. The summed E-state index contributed by atoms with van der Waals surface area (Å²) >= 11 is 0. The van der Waals surface area contributed by atoms with Crippen LogP contribution in [-0.4, -0.2) is 18.9 Å². The van der Waals surface area contributed by atoms with Gasteiger partial charge in [-0.2, -0.15) is 0 Å². The van der Waals surface area contributed by atoms with Crippen molar-refractivity contribution >= 4 is 60.2 Å². The van der Waals surface area contributed by atoms with Crippen LogP contribution in [-0.2, 0) is 6.42 Å². The Hall–Kier alpha value is -5.48. The fourth-order valence-electron chi connectivity index (χ4n) is 7.29. The SMILES string of the molecule is c1ccc(-n2c3cc4c5cnccc5n5c6ccccc6nc5c4cc3c3c4c(ccc32)-c2ccccc2C4)cc1. The first-order chi connectivity index (χ1) is 20.3. The molecule has 0 unspecified atom stereocenters. The Morgan fingerprint density at radius 3 is 2.39 bits per heavy atom. The highest BCUT2D eigenvalue weighted by atomic mass is 15.0. The van der Waals surface area contributed by atoms with Crippen molar-refractivity contribution in [2.45, 2.75) is 6.42 Å². The van der Waals surface area contributed by atoms with Crippen LogP contribution in [0.5, 0.6) is 0 Å². The quantitative estimate of drug-likeness (QED) is 0.202. The van der Waals surface area contributed by atoms with Crippen molar-refractivity contribution in [3.63, 3.8) is 0 Å². The van der Waals surface area contributed by atoms with Gasteiger partial charge in [0.25, 0.3) is 0 Å². The monoisotopic (exact) mass is 522 g/mol. The van der Waals surface area contributed by atoms with Crippen LogP contribution >= 0.6 is 0 Å². The van der Waals surface area contributed by atoms with Crippen LogP contribution in [0.3, 0.4) is 0 Å². The molecule has 10 rings (SSSR count). The van der Waals surface area contributed by atoms with Gasteiger partial charge in [-0.3, -0.25) is 9.38 Å². The van der Waals surface area contributed by atoms with Gasteiger partial charge in [-0.1, -0.05) is 60.7 Å². The van der Waals surface area contributed by atoms with Crippen molar-refractivity contribution in [1.29, 1.82) is 0 Å². The Bertz CT molecular complexity index is 2550. The Morgan fingerprint density at radius 1 is 0.585 bits per heavy atom. The third kappa shape index (κ3) is 2.69. The van der Waals surface area contributed by atoms with Crippen LogP contribution in [0.25, 0.3) is 77.0 Å². The molecule has 4 heteroatoms. The molecule has 0 radical (unpaired) electrons. The van der Waals surface area contributed by atoms with E-state index in [0.29, 0.717) is 0 Å². The second kappa shape index (κ2) is 7.58. The van der Waals surface area contributed by atoms with Gasteiger partial charge in [0.2, 0.25) is 0 Å². The lowest BCUT2D eigenvalue weighted by Crippen LogP contribution is -1.95. The van der Waals surface area contributed by atoms with Crippen molar-refractivity contribution < 1.29 is 0 Å². The lowest BCUT2D eigenvalue weighted by Gasteiger charge is -2.11. The number of benzene rings is 5. The molecule has 0 atom stereocenters. The minimum Gasteiger partial charge on any atom is -0.309 e. The summed E-state index contributed by atoms with van der Waals surface area (Å²) in [4.78, 5) is 9.75. The van der Waals surface area contributed by atoms with E-state index >= 15 is 0 Å². The predicted octanol–water partition coefficient (Wildman–Crippen LogP) is 8.86. The number of para-hydroxylation sites is 3. The standard InChI is InChI=1S/C37H22N4/c1-2-9-23(10-3-1)40-34-15-14-25-24-11-5-4-8-22(24)18-27(25)36(34)29-19-28-26(20-35(29)40)30-21-38-17-16-32(30)41-33-13-7-6-12-31(33)39-37(28)41/h1-17,19-21H,18H2. The first kappa shape index (κ1) is 21.4. The van der Waals surface area contributed by atoms with E-state index in [9.17, 15) is 0 Å². The van der Waals surface area contributed by atoms with E-state index in [2.05, 4.69) is 123 Å². The molecule has 41 heavy (non-hydrogen) atoms. The molecule has 1 aliphatic rings. The van der Waals surface area contributed by atoms with Crippen LogP contribution < -0.4 is 0 Å². The van der Waals surface area contributed by atoms with Crippen molar-refractivity contribution in [2.75, 3.05) is 0 Å². The molecule has 0 aliphatic heterocycles. The molecule has 0 amide bonds. The number of fused-ring (bicyclic) bond motifs is 15. The lowest BCUT2D eigenvalue weighted by atomic mass is 9.99. The molecule has 0 fully saturated rings. The fourth-order valence-corrected chi connectivity index (χ4v) is 7.29. The summed E-state index contributed by atoms with van der Waals surface area (Å²) in [5.74, 6) is 0. The maximum Gasteiger partial charge on any atom is 0.146 e. The summed E-state index contributed by atoms with van der Waals surface area (Å²) in [6, 6.07) is 39.5. The van der Waals surface area contributed by atoms with E-state index < -0.39 is 0 Å². The lowest BCUT2D eigenvalue weighted by molar-refractivity contribution is 1.18. The van der Waals surface area contributed by atoms with Crippen molar-refractivity contribution in [1.82, 2.24) is 18.9 Å². The van der Waals surface area contributed by atoms with Crippen molar-refractivity contribution in [2.24, 2.45) is 0 Å². The van der Waals surface area contributed by atoms with Crippen LogP contribution in [0.15, 0.2) is 122 Å². The average molecular weight is 523 g/mol. The smallest absolute Gasteiger partial charge is 0.146 e. The molecular formula is C37H22N4. The highest BCUT2D eigenvalue weighted by Crippen LogP contribution is 2.46. The first-order valence-corrected chi connectivity index (χ1v) is 14.1. The van der Waals surface area contributed by atoms with Gasteiger partial charge < -0.3 is 4.57 Å². The van der Waals surface area contributed by atoms with Gasteiger partial charge in [-0.25, -0.2) is 4.98 Å². The minimum atomic E-state index is 0.944. The highest BCUT2D eigenvalue weighted by Gasteiger charge is 2.25. The number of rotatable bonds is 1. The molecule has 0 N–H and O–H groups in total. The van der Waals surface area contributed by atoms with E-state index in [-0.39, 0.29) is 0 Å². The normalized spacial score (nSPS) is 12.8. The number of nitrogens with zero attached hydrogens (tertiary/aromatic N) is 4. The van der Waals surface area contributed by atoms with E-state index in [1.807, 2.05) is 12.4 Å². The second-order valence-corrected chi connectivity index (χ2v) is 11.1. The van der Waals surface area contributed by atoms with Crippen LogP contribution in [0.2, 0.25) is 0 Å². The van der Waals surface area contributed by atoms with Gasteiger partial charge in [-0.15, -0.1) is 0 Å². The summed E-state index contributed by atoms with van der Waals surface area (Å²) in [6.45, 7) is 0. The molecule has 0 spiro atoms. The van der Waals surface area contributed by atoms with Crippen LogP contribution in [0, 0.1) is 0 Å². The van der Waals surface area contributed by atoms with Gasteiger partial charge in [-0.05, 0) is 82.6 Å². The van der Waals surface area contributed by atoms with Crippen molar-refractivity contribution in [3.05, 3.63) is 133 Å². The Balaban J connectivity index is 1.45. The topological polar surface area (TPSA) is 35.1 Å². The maximum absolute atomic E-state index is 5.19. The van der Waals surface area contributed by atoms with Gasteiger partial charge in [0.05, 0.1) is 27.6 Å². The van der Waals surface area contributed by atoms with Gasteiger partial charge in [0.15, 0.2) is 0 Å². The summed E-state index contributed by atoms with van der Waals surface area (Å²) in [7, 11) is 0. The summed E-state index contributed by atoms with van der Waals surface area (Å²) < 4.78 is 4.74. The van der Waals surface area contributed by atoms with E-state index in [4.69, 9.17) is 4.98 Å². The fraction of sp³-hybridized carbons (Fsp3) is 0.0270. The number of hydrogen-bond donors (Lipinski definition) is 0. The highest BCUT2D eigenvalue weighted by molar-refractivity contribution is 6.22. The number of aromatic nitrogens is 4. The Labute approximate surface area is 234 Å². The molecule has 4 aromatic heterocycles. The Kier molecular flexibility index (Phi) is 3.95. The van der Waals surface area contributed by atoms with Crippen LogP contribution in [0.1, 0.15) is 11.1 Å². The second-order valence-electron chi connectivity index (χ2n) is 11.1. The molecule has 1 aliphatic carbocycles. The zero-order valence-corrected chi connectivity index (χ0v) is 22.0. The van der Waals surface area contributed by atoms with E-state index in [1.165, 1.54) is 49.4 Å². The Morgan fingerprint density at radius 2 is 1.44 bits per heavy atom. The van der Waals surface area contributed by atoms with Gasteiger partial charge in [0, 0.05) is 39.6 Å². The van der Waals surface area contributed by atoms with E-state index in [0.717, 1.165) is 45.1 Å². The molecule has 9 aromatic rings. The molecule has 0 saturated carbocycles. The summed E-state index contributed by atoms with van der Waals surface area (Å²) in [5.41, 5.74) is 13.3. The molecule has 4 nitrogen and oxygen atoms in total. The number of imidazole rings is 1. The predicted molar refractivity (Wildman–Crippen MR) is 168 cm³/mol. The van der Waals surface area contributed by atoms with E-state index in [1.54, 1.807) is 0 Å². The number of hydrogen-bond acceptors (Lipinski definition) is 2. The molecule has 4 heterocycles. The maximum atomic E-state index is 5.19. The summed E-state index contributed by atoms with van der Waals surface area (Å²) in [5, 5.41) is 6.04. The van der Waals surface area contributed by atoms with Crippen LogP contribution in [0.4, 0.5) is 0 Å². The molecular weight excluding hydrogens is 500 g/mol. The molecule has 0 saturated heterocycles. The third-order valence-corrected chi connectivity index (χ3v) is 9.00. The van der Waals surface area contributed by atoms with Gasteiger partial charge >= 0.3 is 0 Å². The minimum absolute atomic E-state index is 0.944. The zero-order chi connectivity index (χ0) is 26.7. The van der Waals surface area contributed by atoms with Crippen molar-refractivity contribution in [3.8, 4) is 16.8 Å². The largest absolute Gasteiger partial charge is 0.309 e. The average Bonchev–Trinajstić information content (AvgIpc) is 3.70. The number of pyridine rings is 2. The third-order valence-electron chi connectivity index (χ3n) is 9.00. The van der Waals surface area contributed by atoms with Gasteiger partial charge in [0.1, 0.15) is 5.65 Å². The summed E-state index contributed by atoms with van der Waals surface area (Å²) in [6.07, 6.45) is 4.82. The first-order valence-electron chi connectivity index (χ1n) is 14.1. The zero-order valence-electron chi connectivity index (χ0n) is 22.0.